The van der Waals surface area contributed by atoms with Crippen molar-refractivity contribution in [3.05, 3.63) is 59.5 Å². The third-order valence-corrected chi connectivity index (χ3v) is 3.06. The van der Waals surface area contributed by atoms with E-state index < -0.39 is 23.9 Å². The zero-order valence-corrected chi connectivity index (χ0v) is 11.9. The van der Waals surface area contributed by atoms with Crippen LogP contribution in [0.1, 0.15) is 23.0 Å². The van der Waals surface area contributed by atoms with E-state index >= 15 is 0 Å². The van der Waals surface area contributed by atoms with E-state index in [4.69, 9.17) is 4.42 Å². The minimum absolute atomic E-state index is 0.0492. The third kappa shape index (κ3) is 5.03. The van der Waals surface area contributed by atoms with Gasteiger partial charge in [-0.05, 0) is 29.8 Å². The number of furan rings is 1. The fourth-order valence-electron chi connectivity index (χ4n) is 1.83. The largest absolute Gasteiger partial charge is 0.467 e. The molecule has 0 aliphatic rings. The van der Waals surface area contributed by atoms with E-state index in [9.17, 15) is 23.1 Å². The molecule has 5 nitrogen and oxygen atoms in total. The Bertz CT molecular complexity index is 624. The Morgan fingerprint density at radius 3 is 2.43 bits per heavy atom. The molecule has 0 aliphatic carbocycles. The smallest absolute Gasteiger partial charge is 0.416 e. The number of carbonyl (C=O) groups excluding carboxylic acids is 1. The molecule has 8 heteroatoms. The minimum Gasteiger partial charge on any atom is -0.467 e. The fraction of sp³-hybridized carbons (Fsp3) is 0.267. The summed E-state index contributed by atoms with van der Waals surface area (Å²) in [6, 6.07) is 7.14. The van der Waals surface area contributed by atoms with Crippen molar-refractivity contribution in [2.45, 2.75) is 18.8 Å². The van der Waals surface area contributed by atoms with Gasteiger partial charge in [0.05, 0.1) is 18.4 Å². The van der Waals surface area contributed by atoms with E-state index in [1.807, 2.05) is 0 Å². The van der Waals surface area contributed by atoms with Crippen LogP contribution < -0.4 is 10.6 Å². The van der Waals surface area contributed by atoms with Crippen LogP contribution >= 0.6 is 0 Å². The number of amides is 2. The first-order valence-electron chi connectivity index (χ1n) is 6.75. The van der Waals surface area contributed by atoms with Crippen LogP contribution in [0.3, 0.4) is 0 Å². The Labute approximate surface area is 130 Å². The van der Waals surface area contributed by atoms with Gasteiger partial charge >= 0.3 is 12.2 Å². The van der Waals surface area contributed by atoms with Crippen molar-refractivity contribution in [2.24, 2.45) is 0 Å². The fourth-order valence-corrected chi connectivity index (χ4v) is 1.83. The molecule has 124 valence electrons. The predicted octanol–water partition coefficient (Wildman–Crippen LogP) is 2.83. The minimum atomic E-state index is -4.38. The van der Waals surface area contributed by atoms with E-state index in [1.54, 1.807) is 12.1 Å². The van der Waals surface area contributed by atoms with Crippen molar-refractivity contribution in [1.82, 2.24) is 10.6 Å². The number of urea groups is 1. The van der Waals surface area contributed by atoms with E-state index in [2.05, 4.69) is 10.6 Å². The van der Waals surface area contributed by atoms with Crippen molar-refractivity contribution in [1.29, 1.82) is 0 Å². The molecule has 2 rings (SSSR count). The standard InChI is InChI=1S/C15H15F3N2O3/c16-15(17,18)11-5-3-10(4-6-11)8-19-14(22)20-9-12(21)13-2-1-7-23-13/h1-7,12,21H,8-9H2,(H2,19,20,22). The number of alkyl halides is 3. The summed E-state index contributed by atoms with van der Waals surface area (Å²) in [5.41, 5.74) is -0.216. The second kappa shape index (κ2) is 7.19. The molecular weight excluding hydrogens is 313 g/mol. The van der Waals surface area contributed by atoms with Gasteiger partial charge in [-0.25, -0.2) is 4.79 Å². The van der Waals surface area contributed by atoms with Crippen LogP contribution in [0.2, 0.25) is 0 Å². The molecule has 2 aromatic rings. The summed E-state index contributed by atoms with van der Waals surface area (Å²) in [5, 5.41) is 14.6. The summed E-state index contributed by atoms with van der Waals surface area (Å²) in [7, 11) is 0. The van der Waals surface area contributed by atoms with Crippen LogP contribution in [0.5, 0.6) is 0 Å². The van der Waals surface area contributed by atoms with Crippen LogP contribution in [0.4, 0.5) is 18.0 Å². The maximum atomic E-state index is 12.4. The molecule has 3 N–H and O–H groups in total. The topological polar surface area (TPSA) is 74.5 Å². The first-order valence-corrected chi connectivity index (χ1v) is 6.75. The highest BCUT2D eigenvalue weighted by molar-refractivity contribution is 5.73. The highest BCUT2D eigenvalue weighted by atomic mass is 19.4. The van der Waals surface area contributed by atoms with Gasteiger partial charge in [-0.1, -0.05) is 12.1 Å². The Hall–Kier alpha value is -2.48. The average Bonchev–Trinajstić information content (AvgIpc) is 3.04. The quantitative estimate of drug-likeness (QED) is 0.790. The first-order chi connectivity index (χ1) is 10.9. The Morgan fingerprint density at radius 2 is 1.87 bits per heavy atom. The molecule has 1 atom stereocenters. The zero-order chi connectivity index (χ0) is 16.9. The van der Waals surface area contributed by atoms with Gasteiger partial charge in [-0.2, -0.15) is 13.2 Å². The number of hydrogen-bond acceptors (Lipinski definition) is 3. The predicted molar refractivity (Wildman–Crippen MR) is 75.4 cm³/mol. The van der Waals surface area contributed by atoms with E-state index in [0.29, 0.717) is 11.3 Å². The maximum absolute atomic E-state index is 12.4. The van der Waals surface area contributed by atoms with E-state index in [0.717, 1.165) is 12.1 Å². The van der Waals surface area contributed by atoms with E-state index in [-0.39, 0.29) is 13.1 Å². The molecule has 0 spiro atoms. The molecule has 0 saturated heterocycles. The lowest BCUT2D eigenvalue weighted by molar-refractivity contribution is -0.137. The van der Waals surface area contributed by atoms with Crippen LogP contribution in [0.15, 0.2) is 47.1 Å². The van der Waals surface area contributed by atoms with Gasteiger partial charge in [-0.3, -0.25) is 0 Å². The lowest BCUT2D eigenvalue weighted by Crippen LogP contribution is -2.37. The van der Waals surface area contributed by atoms with Gasteiger partial charge in [0, 0.05) is 6.54 Å². The SMILES string of the molecule is O=C(NCc1ccc(C(F)(F)F)cc1)NCC(O)c1ccco1. The van der Waals surface area contributed by atoms with Crippen molar-refractivity contribution in [3.63, 3.8) is 0 Å². The molecule has 1 heterocycles. The number of aliphatic hydroxyl groups is 1. The number of halogens is 3. The van der Waals surface area contributed by atoms with Crippen molar-refractivity contribution in [3.8, 4) is 0 Å². The Kier molecular flexibility index (Phi) is 5.28. The van der Waals surface area contributed by atoms with Crippen molar-refractivity contribution < 1.29 is 27.5 Å². The Balaban J connectivity index is 1.76. The van der Waals surface area contributed by atoms with E-state index in [1.165, 1.54) is 18.4 Å². The highest BCUT2D eigenvalue weighted by Gasteiger charge is 2.29. The summed E-state index contributed by atoms with van der Waals surface area (Å²) in [4.78, 5) is 11.6. The number of rotatable bonds is 5. The molecule has 2 amide bonds. The van der Waals surface area contributed by atoms with Gasteiger partial charge in [0.2, 0.25) is 0 Å². The van der Waals surface area contributed by atoms with Crippen LogP contribution in [-0.4, -0.2) is 17.7 Å². The summed E-state index contributed by atoms with van der Waals surface area (Å²) in [6.45, 7) is 0.0210. The van der Waals surface area contributed by atoms with Crippen LogP contribution in [0.25, 0.3) is 0 Å². The number of benzene rings is 1. The lowest BCUT2D eigenvalue weighted by atomic mass is 10.1. The summed E-state index contributed by atoms with van der Waals surface area (Å²) < 4.78 is 42.2. The summed E-state index contributed by atoms with van der Waals surface area (Å²) in [6.07, 6.45) is -3.95. The van der Waals surface area contributed by atoms with Crippen LogP contribution in [-0.2, 0) is 12.7 Å². The summed E-state index contributed by atoms with van der Waals surface area (Å²) in [5.74, 6) is 0.327. The van der Waals surface area contributed by atoms with Gasteiger partial charge in [0.15, 0.2) is 0 Å². The number of aliphatic hydroxyl groups excluding tert-OH is 1. The van der Waals surface area contributed by atoms with Gasteiger partial charge in [-0.15, -0.1) is 0 Å². The third-order valence-electron chi connectivity index (χ3n) is 3.06. The molecule has 0 saturated carbocycles. The van der Waals surface area contributed by atoms with Crippen molar-refractivity contribution >= 4 is 6.03 Å². The molecule has 0 bridgehead atoms. The molecule has 0 fully saturated rings. The monoisotopic (exact) mass is 328 g/mol. The molecule has 1 aromatic heterocycles. The molecule has 1 aromatic carbocycles. The van der Waals surface area contributed by atoms with Gasteiger partial charge < -0.3 is 20.2 Å². The second-order valence-corrected chi connectivity index (χ2v) is 4.79. The lowest BCUT2D eigenvalue weighted by Gasteiger charge is -2.11. The normalized spacial score (nSPS) is 12.7. The van der Waals surface area contributed by atoms with Gasteiger partial charge in [0.25, 0.3) is 0 Å². The zero-order valence-electron chi connectivity index (χ0n) is 11.9. The summed E-state index contributed by atoms with van der Waals surface area (Å²) >= 11 is 0. The molecular formula is C15H15F3N2O3. The number of carbonyl (C=O) groups is 1. The first kappa shape index (κ1) is 16.9. The average molecular weight is 328 g/mol. The highest BCUT2D eigenvalue weighted by Crippen LogP contribution is 2.29. The molecule has 0 aliphatic heterocycles. The second-order valence-electron chi connectivity index (χ2n) is 4.79. The van der Waals surface area contributed by atoms with Gasteiger partial charge in [0.1, 0.15) is 11.9 Å². The van der Waals surface area contributed by atoms with Crippen molar-refractivity contribution in [2.75, 3.05) is 6.54 Å². The number of nitrogens with one attached hydrogen (secondary N) is 2. The molecule has 1 unspecified atom stereocenters. The molecule has 23 heavy (non-hydrogen) atoms. The molecule has 0 radical (unpaired) electrons. The van der Waals surface area contributed by atoms with Crippen LogP contribution in [0, 0.1) is 0 Å². The maximum Gasteiger partial charge on any atom is 0.416 e. The number of hydrogen-bond donors (Lipinski definition) is 3. The Morgan fingerprint density at radius 1 is 1.17 bits per heavy atom.